The second-order valence-electron chi connectivity index (χ2n) is 5.42. The first kappa shape index (κ1) is 17.5. The van der Waals surface area contributed by atoms with Crippen molar-refractivity contribution in [1.82, 2.24) is 5.32 Å². The van der Waals surface area contributed by atoms with Crippen molar-refractivity contribution in [3.63, 3.8) is 0 Å². The molecule has 0 fully saturated rings. The molecule has 1 amide bonds. The largest absolute Gasteiger partial charge is 0.623 e. The van der Waals surface area contributed by atoms with Crippen LogP contribution in [-0.2, 0) is 4.79 Å². The number of carbonyl (C=O) groups excluding carboxylic acids is 1. The number of amides is 1. The van der Waals surface area contributed by atoms with Crippen molar-refractivity contribution in [2.75, 3.05) is 5.75 Å². The number of hydroxylamine groups is 1. The van der Waals surface area contributed by atoms with Gasteiger partial charge >= 0.3 is 5.97 Å². The van der Waals surface area contributed by atoms with Gasteiger partial charge < -0.3 is 15.6 Å². The Kier molecular flexibility index (Phi) is 5.79. The highest BCUT2D eigenvalue weighted by Gasteiger charge is 2.21. The van der Waals surface area contributed by atoms with Crippen molar-refractivity contribution in [1.29, 1.82) is 0 Å². The molecule has 1 atom stereocenters. The van der Waals surface area contributed by atoms with Crippen molar-refractivity contribution in [3.05, 3.63) is 27.1 Å². The Bertz CT molecular complexity index is 561. The maximum atomic E-state index is 11.9. The molecule has 0 aliphatic carbocycles. The molecule has 1 rings (SSSR count). The zero-order valence-electron chi connectivity index (χ0n) is 12.0. The standard InChI is InChI=1S/C13H18N2O4S2/c1-13(2,3)15(19)5-8-4-10(21-7-8)11(16)14-9(6-20)12(17)18/h4-5,7,9,20H,6H2,1-3H3,(H,14,16)(H,17,18)/b15-5+. The van der Waals surface area contributed by atoms with Gasteiger partial charge in [-0.05, 0) is 6.07 Å². The summed E-state index contributed by atoms with van der Waals surface area (Å²) in [5, 5.41) is 24.7. The van der Waals surface area contributed by atoms with E-state index in [9.17, 15) is 14.8 Å². The van der Waals surface area contributed by atoms with Crippen molar-refractivity contribution < 1.29 is 19.4 Å². The van der Waals surface area contributed by atoms with Crippen LogP contribution in [0, 0.1) is 5.21 Å². The molecular weight excluding hydrogens is 312 g/mol. The number of carboxylic acids is 1. The zero-order valence-corrected chi connectivity index (χ0v) is 13.7. The van der Waals surface area contributed by atoms with Gasteiger partial charge in [0.15, 0.2) is 11.8 Å². The molecule has 1 unspecified atom stereocenters. The van der Waals surface area contributed by atoms with Gasteiger partial charge in [0.1, 0.15) is 6.04 Å². The van der Waals surface area contributed by atoms with Crippen LogP contribution in [0.2, 0.25) is 0 Å². The van der Waals surface area contributed by atoms with E-state index >= 15 is 0 Å². The van der Waals surface area contributed by atoms with Crippen LogP contribution in [0.3, 0.4) is 0 Å². The van der Waals surface area contributed by atoms with E-state index < -0.39 is 23.5 Å². The zero-order chi connectivity index (χ0) is 16.2. The molecule has 0 saturated carbocycles. The number of thiol groups is 1. The summed E-state index contributed by atoms with van der Waals surface area (Å²) in [5.41, 5.74) is 0.0398. The smallest absolute Gasteiger partial charge is 0.327 e. The molecule has 0 radical (unpaired) electrons. The summed E-state index contributed by atoms with van der Waals surface area (Å²) in [6.07, 6.45) is 1.40. The van der Waals surface area contributed by atoms with Gasteiger partial charge in [-0.3, -0.25) is 4.79 Å². The Hall–Kier alpha value is -1.54. The number of carboxylic acid groups (broad SMARTS) is 1. The van der Waals surface area contributed by atoms with Crippen LogP contribution in [-0.4, -0.2) is 45.3 Å². The van der Waals surface area contributed by atoms with E-state index in [2.05, 4.69) is 17.9 Å². The van der Waals surface area contributed by atoms with Gasteiger partial charge in [-0.1, -0.05) is 0 Å². The fourth-order valence-electron chi connectivity index (χ4n) is 1.28. The molecule has 0 aliphatic rings. The maximum Gasteiger partial charge on any atom is 0.327 e. The summed E-state index contributed by atoms with van der Waals surface area (Å²) < 4.78 is 0.810. The SMILES string of the molecule is CC(C)(C)/[N+]([O-])=C\c1csc(C(=O)NC(CS)C(=O)O)c1. The van der Waals surface area contributed by atoms with E-state index in [0.717, 1.165) is 16.1 Å². The Labute approximate surface area is 132 Å². The number of hydrogen-bond acceptors (Lipinski definition) is 5. The molecular formula is C13H18N2O4S2. The topological polar surface area (TPSA) is 92.5 Å². The minimum Gasteiger partial charge on any atom is -0.623 e. The number of aliphatic carboxylic acids is 1. The van der Waals surface area contributed by atoms with Crippen LogP contribution in [0.5, 0.6) is 0 Å². The van der Waals surface area contributed by atoms with Gasteiger partial charge in [0.2, 0.25) is 0 Å². The van der Waals surface area contributed by atoms with Gasteiger partial charge in [-0.15, -0.1) is 11.3 Å². The summed E-state index contributed by atoms with van der Waals surface area (Å²) in [6, 6.07) is 0.509. The second-order valence-corrected chi connectivity index (χ2v) is 6.69. The van der Waals surface area contributed by atoms with Gasteiger partial charge in [0.25, 0.3) is 5.91 Å². The van der Waals surface area contributed by atoms with E-state index in [1.54, 1.807) is 32.2 Å². The van der Waals surface area contributed by atoms with Crippen molar-refractivity contribution in [3.8, 4) is 0 Å². The number of rotatable bonds is 5. The summed E-state index contributed by atoms with van der Waals surface area (Å²) in [7, 11) is 0. The number of carbonyl (C=O) groups is 2. The summed E-state index contributed by atoms with van der Waals surface area (Å²) in [4.78, 5) is 23.1. The molecule has 0 bridgehead atoms. The predicted molar refractivity (Wildman–Crippen MR) is 85.6 cm³/mol. The highest BCUT2D eigenvalue weighted by molar-refractivity contribution is 7.80. The molecule has 1 aromatic heterocycles. The number of hydrogen-bond donors (Lipinski definition) is 3. The van der Waals surface area contributed by atoms with Gasteiger partial charge in [0.05, 0.1) is 10.4 Å². The van der Waals surface area contributed by atoms with Crippen molar-refractivity contribution >= 4 is 42.1 Å². The van der Waals surface area contributed by atoms with Crippen molar-refractivity contribution in [2.24, 2.45) is 0 Å². The predicted octanol–water partition coefficient (Wildman–Crippen LogP) is 1.59. The van der Waals surface area contributed by atoms with E-state index in [1.165, 1.54) is 6.21 Å². The number of nitrogens with one attached hydrogen (secondary N) is 1. The molecule has 0 spiro atoms. The van der Waals surface area contributed by atoms with Crippen molar-refractivity contribution in [2.45, 2.75) is 32.4 Å². The molecule has 1 heterocycles. The maximum absolute atomic E-state index is 11.9. The average molecular weight is 330 g/mol. The molecule has 116 valence electrons. The number of nitrogens with zero attached hydrogens (tertiary/aromatic N) is 1. The molecule has 0 aromatic carbocycles. The lowest BCUT2D eigenvalue weighted by atomic mass is 10.1. The molecule has 2 N–H and O–H groups in total. The Morgan fingerprint density at radius 2 is 2.19 bits per heavy atom. The third-order valence-electron chi connectivity index (χ3n) is 2.56. The van der Waals surface area contributed by atoms with E-state index in [1.807, 2.05) is 0 Å². The highest BCUT2D eigenvalue weighted by atomic mass is 32.1. The van der Waals surface area contributed by atoms with Gasteiger partial charge in [-0.25, -0.2) is 9.53 Å². The third-order valence-corrected chi connectivity index (χ3v) is 3.87. The van der Waals surface area contributed by atoms with Crippen LogP contribution in [0.4, 0.5) is 0 Å². The van der Waals surface area contributed by atoms with E-state index in [0.29, 0.717) is 10.4 Å². The van der Waals surface area contributed by atoms with Crippen LogP contribution in [0.25, 0.3) is 0 Å². The van der Waals surface area contributed by atoms with Gasteiger partial charge in [-0.2, -0.15) is 12.6 Å². The molecule has 1 aromatic rings. The Morgan fingerprint density at radius 3 is 2.67 bits per heavy atom. The molecule has 8 heteroatoms. The highest BCUT2D eigenvalue weighted by Crippen LogP contribution is 2.15. The first-order chi connectivity index (χ1) is 9.65. The lowest BCUT2D eigenvalue weighted by Gasteiger charge is -2.18. The lowest BCUT2D eigenvalue weighted by Crippen LogP contribution is -2.41. The van der Waals surface area contributed by atoms with E-state index in [4.69, 9.17) is 5.11 Å². The average Bonchev–Trinajstić information content (AvgIpc) is 2.82. The monoisotopic (exact) mass is 330 g/mol. The molecule has 21 heavy (non-hydrogen) atoms. The Morgan fingerprint density at radius 1 is 1.57 bits per heavy atom. The minimum absolute atomic E-state index is 0.00376. The van der Waals surface area contributed by atoms with Crippen LogP contribution < -0.4 is 5.32 Å². The van der Waals surface area contributed by atoms with Gasteiger partial charge in [0, 0.05) is 31.9 Å². The first-order valence-corrected chi connectivity index (χ1v) is 7.70. The first-order valence-electron chi connectivity index (χ1n) is 6.19. The quantitative estimate of drug-likeness (QED) is 0.251. The van der Waals surface area contributed by atoms with E-state index in [-0.39, 0.29) is 5.75 Å². The fraction of sp³-hybridized carbons (Fsp3) is 0.462. The second kappa shape index (κ2) is 6.95. The summed E-state index contributed by atoms with van der Waals surface area (Å²) >= 11 is 5.03. The molecule has 6 nitrogen and oxygen atoms in total. The number of thiophene rings is 1. The minimum atomic E-state index is -1.14. The molecule has 0 saturated heterocycles. The molecule has 0 aliphatic heterocycles. The van der Waals surface area contributed by atoms with Crippen LogP contribution in [0.15, 0.2) is 11.4 Å². The Balaban J connectivity index is 2.84. The fourth-order valence-corrected chi connectivity index (χ4v) is 2.29. The normalized spacial score (nSPS) is 13.8. The third kappa shape index (κ3) is 5.05. The van der Waals surface area contributed by atoms with Crippen LogP contribution >= 0.6 is 24.0 Å². The summed E-state index contributed by atoms with van der Waals surface area (Å²) in [5.74, 6) is -1.63. The lowest BCUT2D eigenvalue weighted by molar-refractivity contribution is -0.530. The van der Waals surface area contributed by atoms with Crippen LogP contribution in [0.1, 0.15) is 36.0 Å². The summed E-state index contributed by atoms with van der Waals surface area (Å²) in [6.45, 7) is 5.34.